The third-order valence-corrected chi connectivity index (χ3v) is 5.07. The Labute approximate surface area is 169 Å². The van der Waals surface area contributed by atoms with Crippen LogP contribution in [0.4, 0.5) is 11.8 Å². The molecule has 8 nitrogen and oxygen atoms in total. The molecule has 1 aromatic heterocycles. The number of nitrogens with zero attached hydrogens (tertiary/aromatic N) is 3. The number of benzene rings is 1. The Hall–Kier alpha value is -2.03. The minimum Gasteiger partial charge on any atom is -0.491 e. The summed E-state index contributed by atoms with van der Waals surface area (Å²) in [6.07, 6.45) is 2.02. The van der Waals surface area contributed by atoms with Gasteiger partial charge in [-0.3, -0.25) is 0 Å². The van der Waals surface area contributed by atoms with Gasteiger partial charge in [0.25, 0.3) is 0 Å². The van der Waals surface area contributed by atoms with Gasteiger partial charge in [0.05, 0.1) is 38.6 Å². The van der Waals surface area contributed by atoms with Crippen molar-refractivity contribution in [2.75, 3.05) is 57.8 Å². The van der Waals surface area contributed by atoms with Gasteiger partial charge in [0.15, 0.2) is 11.5 Å². The lowest BCUT2D eigenvalue weighted by Gasteiger charge is -2.32. The van der Waals surface area contributed by atoms with E-state index in [9.17, 15) is 0 Å². The molecule has 0 bridgehead atoms. The molecule has 0 spiro atoms. The predicted octanol–water partition coefficient (Wildman–Crippen LogP) is 2.90. The smallest absolute Gasteiger partial charge is 0.228 e. The van der Waals surface area contributed by atoms with Gasteiger partial charge in [0, 0.05) is 25.1 Å². The van der Waals surface area contributed by atoms with Crippen molar-refractivity contribution < 1.29 is 18.9 Å². The highest BCUT2D eigenvalue weighted by atomic mass is 35.5. The summed E-state index contributed by atoms with van der Waals surface area (Å²) in [5.74, 6) is 1.81. The number of aromatic nitrogens is 2. The predicted molar refractivity (Wildman–Crippen MR) is 110 cm³/mol. The highest BCUT2D eigenvalue weighted by Crippen LogP contribution is 2.42. The first-order valence-electron chi connectivity index (χ1n) is 9.41. The normalized spacial score (nSPS) is 15.2. The number of hydrogen-bond acceptors (Lipinski definition) is 8. The molecule has 28 heavy (non-hydrogen) atoms. The molecule has 1 aliphatic heterocycles. The van der Waals surface area contributed by atoms with E-state index in [1.165, 1.54) is 7.11 Å². The number of hydrogen-bond donors (Lipinski definition) is 1. The molecular weight excluding hydrogens is 384 g/mol. The molecule has 9 heteroatoms. The Morgan fingerprint density at radius 2 is 1.86 bits per heavy atom. The lowest BCUT2D eigenvalue weighted by molar-refractivity contribution is -0.00240. The van der Waals surface area contributed by atoms with E-state index in [1.807, 2.05) is 6.92 Å². The van der Waals surface area contributed by atoms with E-state index < -0.39 is 0 Å². The monoisotopic (exact) mass is 410 g/mol. The standard InChI is InChI=1S/C19H27ClN4O4/c1-4-27-9-10-28-12-5-7-24(8-6-12)19-22-15-13(18(21)23-19)11-14(20)16(25-2)17(15)26-3/h11-12H,4-10H2,1-3H3,(H2,21,22,23). The van der Waals surface area contributed by atoms with E-state index >= 15 is 0 Å². The quantitative estimate of drug-likeness (QED) is 0.664. The molecule has 154 valence electrons. The first-order chi connectivity index (χ1) is 13.6. The van der Waals surface area contributed by atoms with Crippen LogP contribution in [0.5, 0.6) is 11.5 Å². The van der Waals surface area contributed by atoms with Crippen molar-refractivity contribution in [3.05, 3.63) is 11.1 Å². The zero-order chi connectivity index (χ0) is 20.1. The first kappa shape index (κ1) is 20.7. The van der Waals surface area contributed by atoms with Crippen molar-refractivity contribution in [2.45, 2.75) is 25.9 Å². The van der Waals surface area contributed by atoms with E-state index in [-0.39, 0.29) is 6.10 Å². The molecule has 2 aromatic rings. The number of nitrogens with two attached hydrogens (primary N) is 1. The Bertz CT molecular complexity index is 812. The van der Waals surface area contributed by atoms with Gasteiger partial charge in [0.2, 0.25) is 5.95 Å². The maximum Gasteiger partial charge on any atom is 0.228 e. The number of methoxy groups -OCH3 is 2. The molecule has 0 unspecified atom stereocenters. The van der Waals surface area contributed by atoms with Crippen molar-refractivity contribution in [3.63, 3.8) is 0 Å². The summed E-state index contributed by atoms with van der Waals surface area (Å²) < 4.78 is 22.1. The van der Waals surface area contributed by atoms with Crippen LogP contribution >= 0.6 is 11.6 Å². The minimum atomic E-state index is 0.225. The van der Waals surface area contributed by atoms with Gasteiger partial charge in [-0.25, -0.2) is 4.98 Å². The average Bonchev–Trinajstić information content (AvgIpc) is 2.71. The molecule has 1 aromatic carbocycles. The lowest BCUT2D eigenvalue weighted by Crippen LogP contribution is -2.38. The van der Waals surface area contributed by atoms with Crippen LogP contribution in [0.1, 0.15) is 19.8 Å². The summed E-state index contributed by atoms with van der Waals surface area (Å²) >= 11 is 6.28. The molecule has 0 atom stereocenters. The van der Waals surface area contributed by atoms with Crippen molar-refractivity contribution in [3.8, 4) is 11.5 Å². The molecule has 3 rings (SSSR count). The molecule has 0 amide bonds. The fourth-order valence-electron chi connectivity index (χ4n) is 3.36. The van der Waals surface area contributed by atoms with Crippen LogP contribution in [-0.2, 0) is 9.47 Å². The van der Waals surface area contributed by atoms with Crippen LogP contribution in [0.25, 0.3) is 10.9 Å². The molecule has 2 N–H and O–H groups in total. The SMILES string of the molecule is CCOCCOC1CCN(c2nc(N)c3cc(Cl)c(OC)c(OC)c3n2)CC1. The number of anilines is 2. The molecule has 1 fully saturated rings. The number of fused-ring (bicyclic) bond motifs is 1. The van der Waals surface area contributed by atoms with E-state index in [4.69, 9.17) is 41.3 Å². The van der Waals surface area contributed by atoms with Gasteiger partial charge in [-0.1, -0.05) is 11.6 Å². The molecule has 0 radical (unpaired) electrons. The second-order valence-corrected chi connectivity index (χ2v) is 6.89. The first-order valence-corrected chi connectivity index (χ1v) is 9.78. The number of halogens is 1. The van der Waals surface area contributed by atoms with Gasteiger partial charge in [-0.2, -0.15) is 4.98 Å². The summed E-state index contributed by atoms with van der Waals surface area (Å²) in [5.41, 5.74) is 6.78. The van der Waals surface area contributed by atoms with Gasteiger partial charge in [-0.05, 0) is 25.8 Å². The van der Waals surface area contributed by atoms with Crippen molar-refractivity contribution in [1.82, 2.24) is 9.97 Å². The zero-order valence-corrected chi connectivity index (χ0v) is 17.3. The van der Waals surface area contributed by atoms with Gasteiger partial charge in [0.1, 0.15) is 11.3 Å². The van der Waals surface area contributed by atoms with E-state index in [0.717, 1.165) is 25.9 Å². The maximum absolute atomic E-state index is 6.28. The van der Waals surface area contributed by atoms with Crippen LogP contribution in [0, 0.1) is 0 Å². The van der Waals surface area contributed by atoms with Gasteiger partial charge in [-0.15, -0.1) is 0 Å². The zero-order valence-electron chi connectivity index (χ0n) is 16.5. The largest absolute Gasteiger partial charge is 0.491 e. The minimum absolute atomic E-state index is 0.225. The Morgan fingerprint density at radius 3 is 2.50 bits per heavy atom. The highest BCUT2D eigenvalue weighted by Gasteiger charge is 2.24. The second kappa shape index (κ2) is 9.45. The van der Waals surface area contributed by atoms with Crippen molar-refractivity contribution in [2.24, 2.45) is 0 Å². The summed E-state index contributed by atoms with van der Waals surface area (Å²) in [4.78, 5) is 11.3. The Balaban J connectivity index is 1.78. The molecular formula is C19H27ClN4O4. The van der Waals surface area contributed by atoms with E-state index in [0.29, 0.717) is 59.0 Å². The lowest BCUT2D eigenvalue weighted by atomic mass is 10.1. The highest BCUT2D eigenvalue weighted by molar-refractivity contribution is 6.33. The van der Waals surface area contributed by atoms with Crippen molar-refractivity contribution >= 4 is 34.3 Å². The van der Waals surface area contributed by atoms with Gasteiger partial charge >= 0.3 is 0 Å². The van der Waals surface area contributed by atoms with Crippen LogP contribution in [0.15, 0.2) is 6.07 Å². The van der Waals surface area contributed by atoms with Crippen LogP contribution in [0.2, 0.25) is 5.02 Å². The topological polar surface area (TPSA) is 92.0 Å². The van der Waals surface area contributed by atoms with Gasteiger partial charge < -0.3 is 29.6 Å². The number of piperidine rings is 1. The van der Waals surface area contributed by atoms with Crippen LogP contribution < -0.4 is 20.1 Å². The second-order valence-electron chi connectivity index (χ2n) is 6.48. The molecule has 0 saturated carbocycles. The van der Waals surface area contributed by atoms with Crippen LogP contribution in [-0.4, -0.2) is 63.2 Å². The summed E-state index contributed by atoms with van der Waals surface area (Å²) in [7, 11) is 3.09. The van der Waals surface area contributed by atoms with E-state index in [2.05, 4.69) is 9.88 Å². The third kappa shape index (κ3) is 4.34. The third-order valence-electron chi connectivity index (χ3n) is 4.79. The van der Waals surface area contributed by atoms with Crippen LogP contribution in [0.3, 0.4) is 0 Å². The number of ether oxygens (including phenoxy) is 4. The molecule has 0 aliphatic carbocycles. The summed E-state index contributed by atoms with van der Waals surface area (Å²) in [6, 6.07) is 1.70. The van der Waals surface area contributed by atoms with Crippen molar-refractivity contribution in [1.29, 1.82) is 0 Å². The van der Waals surface area contributed by atoms with E-state index in [1.54, 1.807) is 13.2 Å². The maximum atomic E-state index is 6.28. The molecule has 1 saturated heterocycles. The fourth-order valence-corrected chi connectivity index (χ4v) is 3.63. The number of nitrogen functional groups attached to an aromatic ring is 1. The molecule has 2 heterocycles. The number of rotatable bonds is 8. The Kier molecular flexibility index (Phi) is 6.98. The average molecular weight is 411 g/mol. The summed E-state index contributed by atoms with van der Waals surface area (Å²) in [6.45, 7) is 5.52. The molecule has 1 aliphatic rings. The Morgan fingerprint density at radius 1 is 1.14 bits per heavy atom. The fraction of sp³-hybridized carbons (Fsp3) is 0.579. The summed E-state index contributed by atoms with van der Waals surface area (Å²) in [5, 5.41) is 1.04.